The Morgan fingerprint density at radius 3 is 2.90 bits per heavy atom. The molecule has 4 nitrogen and oxygen atoms in total. The Balaban J connectivity index is 2.04. The van der Waals surface area contributed by atoms with E-state index in [1.54, 1.807) is 18.2 Å². The predicted octanol–water partition coefficient (Wildman–Crippen LogP) is 4.13. The van der Waals surface area contributed by atoms with Crippen molar-refractivity contribution in [2.24, 2.45) is 0 Å². The third-order valence-electron chi connectivity index (χ3n) is 2.16. The molecule has 1 heterocycles. The Bertz CT molecular complexity index is 628. The Hall–Kier alpha value is -1.48. The van der Waals surface area contributed by atoms with Gasteiger partial charge in [0.2, 0.25) is 0 Å². The summed E-state index contributed by atoms with van der Waals surface area (Å²) in [4.78, 5) is 15.5. The number of rotatable bonds is 3. The molecule has 0 spiro atoms. The summed E-state index contributed by atoms with van der Waals surface area (Å²) in [5.74, 6) is 0. The van der Waals surface area contributed by atoms with Crippen LogP contribution in [0.25, 0.3) is 10.2 Å². The highest BCUT2D eigenvalue weighted by Crippen LogP contribution is 2.30. The molecule has 0 fully saturated rings. The fourth-order valence-electron chi connectivity index (χ4n) is 1.37. The van der Waals surface area contributed by atoms with Crippen LogP contribution in [0.15, 0.2) is 22.5 Å². The van der Waals surface area contributed by atoms with Gasteiger partial charge in [-0.3, -0.25) is 5.32 Å². The second-order valence-corrected chi connectivity index (χ2v) is 5.77. The van der Waals surface area contributed by atoms with Crippen molar-refractivity contribution in [1.29, 1.82) is 0 Å². The van der Waals surface area contributed by atoms with Crippen LogP contribution in [0.3, 0.4) is 0 Å². The maximum atomic E-state index is 11.9. The summed E-state index contributed by atoms with van der Waals surface area (Å²) in [5, 5.41) is 2.24. The fraction of sp³-hybridized carbons (Fsp3) is 0.273. The molecule has 108 valence electrons. The quantitative estimate of drug-likeness (QED) is 0.863. The maximum absolute atomic E-state index is 11.9. The van der Waals surface area contributed by atoms with E-state index in [0.717, 1.165) is 14.6 Å². The lowest BCUT2D eigenvalue weighted by molar-refractivity contribution is -0.159. The van der Waals surface area contributed by atoms with Crippen molar-refractivity contribution >= 4 is 45.1 Å². The van der Waals surface area contributed by atoms with Gasteiger partial charge in [-0.05, 0) is 24.5 Å². The highest BCUT2D eigenvalue weighted by Gasteiger charge is 2.29. The highest BCUT2D eigenvalue weighted by molar-refractivity contribution is 8.00. The van der Waals surface area contributed by atoms with Crippen molar-refractivity contribution in [3.05, 3.63) is 18.2 Å². The largest absolute Gasteiger partial charge is 0.440 e. The van der Waals surface area contributed by atoms with E-state index in [4.69, 9.17) is 0 Å². The Morgan fingerprint density at radius 1 is 1.50 bits per heavy atom. The predicted molar refractivity (Wildman–Crippen MR) is 72.4 cm³/mol. The van der Waals surface area contributed by atoms with Gasteiger partial charge in [0.25, 0.3) is 0 Å². The number of hydrogen-bond donors (Lipinski definition) is 1. The molecular formula is C11H9F3N2O2S2. The number of carbonyl (C=O) groups excluding carboxylic acids is 1. The summed E-state index contributed by atoms with van der Waals surface area (Å²) < 4.78 is 41.4. The molecule has 0 aliphatic rings. The molecule has 0 atom stereocenters. The molecule has 9 heteroatoms. The molecule has 0 saturated heterocycles. The molecule has 1 amide bonds. The summed E-state index contributed by atoms with van der Waals surface area (Å²) >= 11 is 2.93. The number of aromatic nitrogens is 1. The van der Waals surface area contributed by atoms with Crippen LogP contribution in [-0.4, -0.2) is 30.1 Å². The minimum atomic E-state index is -4.54. The van der Waals surface area contributed by atoms with Gasteiger partial charge in [0.15, 0.2) is 10.9 Å². The first-order valence-corrected chi connectivity index (χ1v) is 7.36. The Morgan fingerprint density at radius 2 is 2.25 bits per heavy atom. The lowest BCUT2D eigenvalue weighted by atomic mass is 10.3. The van der Waals surface area contributed by atoms with Gasteiger partial charge in [0.1, 0.15) is 0 Å². The zero-order valence-electron chi connectivity index (χ0n) is 10.2. The van der Waals surface area contributed by atoms with Crippen molar-refractivity contribution in [3.63, 3.8) is 0 Å². The minimum absolute atomic E-state index is 0.362. The molecule has 1 aromatic carbocycles. The number of amides is 1. The number of nitrogens with zero attached hydrogens (tertiary/aromatic N) is 1. The van der Waals surface area contributed by atoms with Gasteiger partial charge in [-0.1, -0.05) is 11.8 Å². The molecule has 1 N–H and O–H groups in total. The number of ether oxygens (including phenoxy) is 1. The number of anilines is 1. The van der Waals surface area contributed by atoms with Crippen LogP contribution in [0, 0.1) is 0 Å². The van der Waals surface area contributed by atoms with Gasteiger partial charge in [0, 0.05) is 5.69 Å². The number of carbonyl (C=O) groups is 1. The van der Waals surface area contributed by atoms with Gasteiger partial charge < -0.3 is 4.74 Å². The van der Waals surface area contributed by atoms with E-state index in [1.165, 1.54) is 23.1 Å². The first-order valence-electron chi connectivity index (χ1n) is 5.32. The molecular weight excluding hydrogens is 313 g/mol. The smallest absolute Gasteiger partial charge is 0.422 e. The number of nitrogens with one attached hydrogen (secondary N) is 1. The first-order chi connectivity index (χ1) is 9.37. The van der Waals surface area contributed by atoms with Gasteiger partial charge in [-0.2, -0.15) is 13.2 Å². The molecule has 1 aromatic heterocycles. The third-order valence-corrected chi connectivity index (χ3v) is 4.16. The van der Waals surface area contributed by atoms with Gasteiger partial charge >= 0.3 is 12.3 Å². The van der Waals surface area contributed by atoms with Crippen molar-refractivity contribution in [1.82, 2.24) is 4.98 Å². The number of thiazole rings is 1. The normalized spacial score (nSPS) is 11.6. The SMILES string of the molecule is CSc1nc2ccc(NC(=O)OCC(F)(F)F)cc2s1. The molecule has 0 bridgehead atoms. The minimum Gasteiger partial charge on any atom is -0.440 e. The lowest BCUT2D eigenvalue weighted by Crippen LogP contribution is -2.23. The fourth-order valence-corrected chi connectivity index (χ4v) is 2.90. The van der Waals surface area contributed by atoms with E-state index in [2.05, 4.69) is 15.0 Å². The van der Waals surface area contributed by atoms with E-state index in [1.807, 2.05) is 6.26 Å². The van der Waals surface area contributed by atoms with Gasteiger partial charge in [0.05, 0.1) is 10.2 Å². The summed E-state index contributed by atoms with van der Waals surface area (Å²) in [6.07, 6.45) is -3.78. The summed E-state index contributed by atoms with van der Waals surface area (Å²) in [6.45, 7) is -1.61. The Labute approximate surface area is 120 Å². The van der Waals surface area contributed by atoms with E-state index in [9.17, 15) is 18.0 Å². The van der Waals surface area contributed by atoms with Crippen LogP contribution in [-0.2, 0) is 4.74 Å². The molecule has 0 aliphatic carbocycles. The number of halogens is 3. The molecule has 0 aliphatic heterocycles. The van der Waals surface area contributed by atoms with Crippen molar-refractivity contribution in [2.45, 2.75) is 10.5 Å². The van der Waals surface area contributed by atoms with Gasteiger partial charge in [-0.25, -0.2) is 9.78 Å². The van der Waals surface area contributed by atoms with E-state index < -0.39 is 18.9 Å². The van der Waals surface area contributed by atoms with E-state index in [0.29, 0.717) is 5.69 Å². The van der Waals surface area contributed by atoms with Crippen LogP contribution < -0.4 is 5.32 Å². The van der Waals surface area contributed by atoms with E-state index in [-0.39, 0.29) is 0 Å². The van der Waals surface area contributed by atoms with Crippen LogP contribution in [0.4, 0.5) is 23.7 Å². The van der Waals surface area contributed by atoms with Crippen molar-refractivity contribution in [2.75, 3.05) is 18.2 Å². The van der Waals surface area contributed by atoms with Crippen molar-refractivity contribution in [3.8, 4) is 0 Å². The highest BCUT2D eigenvalue weighted by atomic mass is 32.2. The first kappa shape index (κ1) is 14.9. The standard InChI is InChI=1S/C11H9F3N2O2S2/c1-19-10-16-7-3-2-6(4-8(7)20-10)15-9(17)18-5-11(12,13)14/h2-4H,5H2,1H3,(H,15,17). The molecule has 2 rings (SSSR count). The van der Waals surface area contributed by atoms with Crippen LogP contribution in [0.2, 0.25) is 0 Å². The molecule has 20 heavy (non-hydrogen) atoms. The number of benzene rings is 1. The number of thioether (sulfide) groups is 1. The maximum Gasteiger partial charge on any atom is 0.422 e. The summed E-state index contributed by atoms with van der Waals surface area (Å²) in [7, 11) is 0. The Kier molecular flexibility index (Phi) is 4.39. The van der Waals surface area contributed by atoms with Gasteiger partial charge in [-0.15, -0.1) is 11.3 Å². The van der Waals surface area contributed by atoms with Crippen LogP contribution in [0.1, 0.15) is 0 Å². The number of hydrogen-bond acceptors (Lipinski definition) is 5. The second-order valence-electron chi connectivity index (χ2n) is 3.68. The average molecular weight is 322 g/mol. The van der Waals surface area contributed by atoms with Crippen LogP contribution >= 0.6 is 23.1 Å². The molecule has 2 aromatic rings. The summed E-state index contributed by atoms with van der Waals surface area (Å²) in [6, 6.07) is 4.88. The number of alkyl halides is 3. The van der Waals surface area contributed by atoms with Crippen molar-refractivity contribution < 1.29 is 22.7 Å². The third kappa shape index (κ3) is 4.01. The topological polar surface area (TPSA) is 51.2 Å². The molecule has 0 saturated carbocycles. The van der Waals surface area contributed by atoms with Crippen LogP contribution in [0.5, 0.6) is 0 Å². The molecule has 0 radical (unpaired) electrons. The zero-order valence-corrected chi connectivity index (χ0v) is 11.8. The monoisotopic (exact) mass is 322 g/mol. The summed E-state index contributed by atoms with van der Waals surface area (Å²) in [5.41, 5.74) is 1.13. The average Bonchev–Trinajstić information content (AvgIpc) is 2.78. The zero-order chi connectivity index (χ0) is 14.8. The van der Waals surface area contributed by atoms with E-state index >= 15 is 0 Å². The number of fused-ring (bicyclic) bond motifs is 1. The second kappa shape index (κ2) is 5.88. The molecule has 0 unspecified atom stereocenters. The lowest BCUT2D eigenvalue weighted by Gasteiger charge is -2.08.